The van der Waals surface area contributed by atoms with E-state index >= 15 is 0 Å². The molecule has 0 aromatic rings. The van der Waals surface area contributed by atoms with Gasteiger partial charge >= 0.3 is 0 Å². The number of carbonyl (C=O) groups excluding carboxylic acids is 1. The number of allylic oxidation sites excluding steroid dienone is 2. The van der Waals surface area contributed by atoms with Crippen LogP contribution in [-0.4, -0.2) is 30.6 Å². The molecule has 0 bridgehead atoms. The lowest BCUT2D eigenvalue weighted by Gasteiger charge is -2.28. The molecule has 8 heteroatoms. The Hall–Kier alpha value is -0.530. The Balaban J connectivity index is 4.58. The van der Waals surface area contributed by atoms with E-state index in [2.05, 4.69) is 31.8 Å². The van der Waals surface area contributed by atoms with Crippen molar-refractivity contribution in [2.24, 2.45) is 10.4 Å². The maximum Gasteiger partial charge on any atom is 0.254 e. The van der Waals surface area contributed by atoms with Gasteiger partial charge in [-0.2, -0.15) is 0 Å². The molecule has 0 aliphatic carbocycles. The van der Waals surface area contributed by atoms with Crippen molar-refractivity contribution >= 4 is 39.7 Å². The minimum Gasteiger partial charge on any atom is -0.289 e. The highest BCUT2D eigenvalue weighted by Gasteiger charge is 2.45. The third kappa shape index (κ3) is 5.46. The average molecular weight is 375 g/mol. The van der Waals surface area contributed by atoms with Crippen molar-refractivity contribution in [2.75, 3.05) is 5.88 Å². The number of halogens is 4. The van der Waals surface area contributed by atoms with E-state index in [4.69, 9.17) is 11.6 Å². The molecule has 0 aliphatic rings. The number of aliphatic imine (C=N–C) groups is 1. The summed E-state index contributed by atoms with van der Waals surface area (Å²) >= 11 is 8.78. The summed E-state index contributed by atoms with van der Waals surface area (Å²) in [4.78, 5) is 15.9. The van der Waals surface area contributed by atoms with Crippen molar-refractivity contribution in [3.05, 3.63) is 10.6 Å². The fourth-order valence-electron chi connectivity index (χ4n) is 1.22. The second-order valence-corrected chi connectivity index (χ2v) is 5.35. The number of nitrogens with zero attached hydrogens (tertiary/aromatic N) is 1. The summed E-state index contributed by atoms with van der Waals surface area (Å²) in [6, 6.07) is 0. The number of hydrazine groups is 1. The zero-order valence-corrected chi connectivity index (χ0v) is 13.9. The maximum absolute atomic E-state index is 13.0. The molecule has 0 saturated carbocycles. The molecule has 2 unspecified atom stereocenters. The normalized spacial score (nSPS) is 17.3. The standard InChI is InChI=1S/C12H19BrClF2N3O/c1-4-9(13)6-17-8(3)18-19-11(20)12(5-2,7-14)10(15)16/h4,6,8,10,18H,5,7H2,1-3H3,(H,19,20)/b9-4+,17-6-. The van der Waals surface area contributed by atoms with E-state index in [1.807, 2.05) is 6.92 Å². The van der Waals surface area contributed by atoms with Gasteiger partial charge < -0.3 is 0 Å². The van der Waals surface area contributed by atoms with Gasteiger partial charge in [-0.15, -0.1) is 11.6 Å². The largest absolute Gasteiger partial charge is 0.289 e. The van der Waals surface area contributed by atoms with Crippen LogP contribution in [0.15, 0.2) is 15.6 Å². The number of rotatable bonds is 8. The lowest BCUT2D eigenvalue weighted by Crippen LogP contribution is -2.53. The summed E-state index contributed by atoms with van der Waals surface area (Å²) < 4.78 is 26.8. The molecule has 0 aromatic carbocycles. The Morgan fingerprint density at radius 2 is 2.15 bits per heavy atom. The van der Waals surface area contributed by atoms with Crippen LogP contribution in [0.5, 0.6) is 0 Å². The predicted molar refractivity (Wildman–Crippen MR) is 81.4 cm³/mol. The third-order valence-electron chi connectivity index (χ3n) is 2.83. The monoisotopic (exact) mass is 373 g/mol. The van der Waals surface area contributed by atoms with Crippen molar-refractivity contribution in [1.29, 1.82) is 0 Å². The summed E-state index contributed by atoms with van der Waals surface area (Å²) in [5.74, 6) is -1.28. The molecule has 0 fully saturated rings. The van der Waals surface area contributed by atoms with E-state index in [-0.39, 0.29) is 6.42 Å². The first kappa shape index (κ1) is 19.5. The lowest BCUT2D eigenvalue weighted by molar-refractivity contribution is -0.140. The first-order valence-electron chi connectivity index (χ1n) is 6.09. The zero-order valence-electron chi connectivity index (χ0n) is 11.6. The van der Waals surface area contributed by atoms with Gasteiger partial charge in [0.15, 0.2) is 0 Å². The van der Waals surface area contributed by atoms with Crippen LogP contribution in [0, 0.1) is 5.41 Å². The molecule has 116 valence electrons. The molecule has 0 radical (unpaired) electrons. The molecule has 1 amide bonds. The molecule has 0 spiro atoms. The molecule has 2 N–H and O–H groups in total. The van der Waals surface area contributed by atoms with Crippen LogP contribution in [0.25, 0.3) is 0 Å². The van der Waals surface area contributed by atoms with Crippen LogP contribution in [0.1, 0.15) is 27.2 Å². The van der Waals surface area contributed by atoms with Crippen molar-refractivity contribution in [3.63, 3.8) is 0 Å². The molecule has 4 nitrogen and oxygen atoms in total. The number of nitrogens with one attached hydrogen (secondary N) is 2. The molecule has 0 aliphatic heterocycles. The van der Waals surface area contributed by atoms with E-state index in [0.717, 1.165) is 4.48 Å². The summed E-state index contributed by atoms with van der Waals surface area (Å²) in [5, 5.41) is 0. The predicted octanol–water partition coefficient (Wildman–Crippen LogP) is 3.22. The Kier molecular flexibility index (Phi) is 9.16. The van der Waals surface area contributed by atoms with Crippen molar-refractivity contribution in [2.45, 2.75) is 39.8 Å². The van der Waals surface area contributed by atoms with E-state index in [0.29, 0.717) is 0 Å². The molecule has 0 saturated heterocycles. The molecule has 0 rings (SSSR count). The molecule has 2 atom stereocenters. The van der Waals surface area contributed by atoms with E-state index in [1.165, 1.54) is 6.92 Å². The van der Waals surface area contributed by atoms with Gasteiger partial charge in [-0.1, -0.05) is 13.0 Å². The molecular formula is C12H19BrClF2N3O. The Morgan fingerprint density at radius 1 is 1.55 bits per heavy atom. The molecule has 0 aromatic heterocycles. The van der Waals surface area contributed by atoms with Gasteiger partial charge in [0, 0.05) is 16.6 Å². The highest BCUT2D eigenvalue weighted by Crippen LogP contribution is 2.31. The summed E-state index contributed by atoms with van der Waals surface area (Å²) in [7, 11) is 0. The van der Waals surface area contributed by atoms with Gasteiger partial charge in [-0.3, -0.25) is 15.2 Å². The smallest absolute Gasteiger partial charge is 0.254 e. The number of hydrogen-bond donors (Lipinski definition) is 2. The molecule has 20 heavy (non-hydrogen) atoms. The fourth-order valence-corrected chi connectivity index (χ4v) is 1.76. The second-order valence-electron chi connectivity index (χ2n) is 4.17. The first-order chi connectivity index (χ1) is 9.33. The average Bonchev–Trinajstić information content (AvgIpc) is 2.43. The number of hydrogen-bond acceptors (Lipinski definition) is 3. The highest BCUT2D eigenvalue weighted by atomic mass is 79.9. The van der Waals surface area contributed by atoms with Gasteiger partial charge in [0.2, 0.25) is 5.91 Å². The van der Waals surface area contributed by atoms with Crippen molar-refractivity contribution < 1.29 is 13.6 Å². The van der Waals surface area contributed by atoms with Crippen LogP contribution in [0.2, 0.25) is 0 Å². The van der Waals surface area contributed by atoms with Crippen molar-refractivity contribution in [3.8, 4) is 0 Å². The van der Waals surface area contributed by atoms with E-state index in [9.17, 15) is 13.6 Å². The number of alkyl halides is 3. The van der Waals surface area contributed by atoms with Crippen LogP contribution in [0.4, 0.5) is 8.78 Å². The summed E-state index contributed by atoms with van der Waals surface area (Å²) in [6.45, 7) is 5.00. The van der Waals surface area contributed by atoms with Gasteiger partial charge in [-0.25, -0.2) is 14.2 Å². The fraction of sp³-hybridized carbons (Fsp3) is 0.667. The number of amides is 1. The Morgan fingerprint density at radius 3 is 2.55 bits per heavy atom. The molecule has 0 heterocycles. The minimum absolute atomic E-state index is 0.0521. The second kappa shape index (κ2) is 9.41. The first-order valence-corrected chi connectivity index (χ1v) is 7.41. The lowest BCUT2D eigenvalue weighted by atomic mass is 9.87. The van der Waals surface area contributed by atoms with Crippen LogP contribution in [-0.2, 0) is 4.79 Å². The van der Waals surface area contributed by atoms with E-state index in [1.54, 1.807) is 19.2 Å². The summed E-state index contributed by atoms with van der Waals surface area (Å²) in [5.41, 5.74) is 2.91. The quantitative estimate of drug-likeness (QED) is 0.389. The maximum atomic E-state index is 13.0. The van der Waals surface area contributed by atoms with Crippen LogP contribution in [0.3, 0.4) is 0 Å². The van der Waals surface area contributed by atoms with E-state index < -0.39 is 29.8 Å². The van der Waals surface area contributed by atoms with Gasteiger partial charge in [0.25, 0.3) is 6.43 Å². The minimum atomic E-state index is -2.83. The SMILES string of the molecule is C/C=C(Br)\C=N/C(C)NNC(=O)C(CC)(CCl)C(F)F. The zero-order chi connectivity index (χ0) is 15.8. The van der Waals surface area contributed by atoms with Gasteiger partial charge in [-0.05, 0) is 36.2 Å². The highest BCUT2D eigenvalue weighted by molar-refractivity contribution is 9.12. The third-order valence-corrected chi connectivity index (χ3v) is 3.97. The topological polar surface area (TPSA) is 53.5 Å². The Labute approximate surface area is 131 Å². The summed E-state index contributed by atoms with van der Waals surface area (Å²) in [6.07, 6.45) is -0.00674. The van der Waals surface area contributed by atoms with Crippen LogP contribution >= 0.6 is 27.5 Å². The van der Waals surface area contributed by atoms with Gasteiger partial charge in [0.05, 0.1) is 0 Å². The van der Waals surface area contributed by atoms with Gasteiger partial charge in [0.1, 0.15) is 11.6 Å². The van der Waals surface area contributed by atoms with Crippen molar-refractivity contribution in [1.82, 2.24) is 10.9 Å². The number of carbonyl (C=O) groups is 1. The molecular weight excluding hydrogens is 356 g/mol. The van der Waals surface area contributed by atoms with Crippen LogP contribution < -0.4 is 10.9 Å². The Bertz CT molecular complexity index is 374.